The molecular weight excluding hydrogens is 426 g/mol. The number of aromatic amines is 1. The Morgan fingerprint density at radius 1 is 1.21 bits per heavy atom. The molecule has 4 N–H and O–H groups in total. The number of ether oxygens (including phenoxy) is 1. The van der Waals surface area contributed by atoms with Crippen LogP contribution < -0.4 is 11.1 Å². The van der Waals surface area contributed by atoms with E-state index < -0.39 is 0 Å². The smallest absolute Gasteiger partial charge is 0.153 e. The van der Waals surface area contributed by atoms with Crippen LogP contribution in [0.5, 0.6) is 0 Å². The number of hydrogen-bond donors (Lipinski definition) is 3. The van der Waals surface area contributed by atoms with Crippen LogP contribution in [-0.4, -0.2) is 31.6 Å². The SMILES string of the molecule is CC(C)(C)C#Cc1cc(-c2ccnc(Nc3cnn(C4CCCCO4)c3)c2)cc2c(N)n[nH]c12. The predicted molar refractivity (Wildman–Crippen MR) is 134 cm³/mol. The second-order valence-electron chi connectivity index (χ2n) is 9.64. The van der Waals surface area contributed by atoms with Crippen LogP contribution in [0.15, 0.2) is 42.9 Å². The molecule has 1 saturated heterocycles. The number of nitrogens with one attached hydrogen (secondary N) is 2. The molecule has 0 saturated carbocycles. The zero-order valence-corrected chi connectivity index (χ0v) is 19.7. The van der Waals surface area contributed by atoms with Crippen LogP contribution in [0.25, 0.3) is 22.0 Å². The lowest BCUT2D eigenvalue weighted by molar-refractivity contribution is -0.0394. The van der Waals surface area contributed by atoms with Gasteiger partial charge in [-0.3, -0.25) is 5.10 Å². The van der Waals surface area contributed by atoms with E-state index in [1.165, 1.54) is 0 Å². The first kappa shape index (κ1) is 22.0. The summed E-state index contributed by atoms with van der Waals surface area (Å²) in [7, 11) is 0. The van der Waals surface area contributed by atoms with Crippen LogP contribution in [0.2, 0.25) is 0 Å². The minimum absolute atomic E-state index is 0.00312. The Kier molecular flexibility index (Phi) is 5.72. The van der Waals surface area contributed by atoms with Gasteiger partial charge in [0.15, 0.2) is 5.82 Å². The van der Waals surface area contributed by atoms with Gasteiger partial charge in [-0.2, -0.15) is 10.2 Å². The number of pyridine rings is 1. The first-order chi connectivity index (χ1) is 16.4. The van der Waals surface area contributed by atoms with Gasteiger partial charge >= 0.3 is 0 Å². The zero-order valence-electron chi connectivity index (χ0n) is 19.7. The Balaban J connectivity index is 1.45. The summed E-state index contributed by atoms with van der Waals surface area (Å²) in [4.78, 5) is 4.49. The molecule has 1 atom stereocenters. The largest absolute Gasteiger partial charge is 0.382 e. The van der Waals surface area contributed by atoms with Crippen molar-refractivity contribution in [3.63, 3.8) is 0 Å². The van der Waals surface area contributed by atoms with Gasteiger partial charge in [-0.15, -0.1) is 0 Å². The van der Waals surface area contributed by atoms with Crippen LogP contribution in [0.4, 0.5) is 17.3 Å². The summed E-state index contributed by atoms with van der Waals surface area (Å²) >= 11 is 0. The molecule has 0 spiro atoms. The van der Waals surface area contributed by atoms with Crippen LogP contribution in [-0.2, 0) is 4.74 Å². The molecule has 0 bridgehead atoms. The van der Waals surface area contributed by atoms with E-state index in [1.807, 2.05) is 29.1 Å². The monoisotopic (exact) mass is 455 g/mol. The van der Waals surface area contributed by atoms with Gasteiger partial charge in [0.25, 0.3) is 0 Å². The van der Waals surface area contributed by atoms with Gasteiger partial charge < -0.3 is 15.8 Å². The molecule has 0 radical (unpaired) electrons. The number of anilines is 3. The van der Waals surface area contributed by atoms with Crippen molar-refractivity contribution < 1.29 is 4.74 Å². The number of nitrogens with two attached hydrogens (primary N) is 1. The third-order valence-electron chi connectivity index (χ3n) is 5.69. The number of benzene rings is 1. The topological polar surface area (TPSA) is 107 Å². The van der Waals surface area contributed by atoms with Crippen molar-refractivity contribution in [2.24, 2.45) is 5.41 Å². The summed E-state index contributed by atoms with van der Waals surface area (Å²) in [5.74, 6) is 7.80. The van der Waals surface area contributed by atoms with Crippen molar-refractivity contribution in [2.45, 2.75) is 46.3 Å². The lowest BCUT2D eigenvalue weighted by Crippen LogP contribution is -2.18. The Morgan fingerprint density at radius 2 is 2.09 bits per heavy atom. The number of H-pyrrole nitrogens is 1. The zero-order chi connectivity index (χ0) is 23.7. The van der Waals surface area contributed by atoms with E-state index >= 15 is 0 Å². The number of nitrogens with zero attached hydrogens (tertiary/aromatic N) is 4. The van der Waals surface area contributed by atoms with Crippen molar-refractivity contribution in [3.05, 3.63) is 48.4 Å². The fourth-order valence-electron chi connectivity index (χ4n) is 3.98. The Hall–Kier alpha value is -3.83. The molecule has 34 heavy (non-hydrogen) atoms. The normalized spacial score (nSPS) is 16.3. The van der Waals surface area contributed by atoms with Crippen LogP contribution in [0.3, 0.4) is 0 Å². The highest BCUT2D eigenvalue weighted by atomic mass is 16.5. The van der Waals surface area contributed by atoms with E-state index in [4.69, 9.17) is 10.5 Å². The Morgan fingerprint density at radius 3 is 2.88 bits per heavy atom. The van der Waals surface area contributed by atoms with Gasteiger partial charge in [0.2, 0.25) is 0 Å². The van der Waals surface area contributed by atoms with Gasteiger partial charge in [0.1, 0.15) is 12.0 Å². The third-order valence-corrected chi connectivity index (χ3v) is 5.69. The molecule has 1 unspecified atom stereocenters. The molecule has 8 nitrogen and oxygen atoms in total. The van der Waals surface area contributed by atoms with Crippen molar-refractivity contribution in [1.82, 2.24) is 25.0 Å². The fraction of sp³-hybridized carbons (Fsp3) is 0.346. The highest BCUT2D eigenvalue weighted by Gasteiger charge is 2.17. The average Bonchev–Trinajstić information content (AvgIpc) is 3.45. The number of hydrogen-bond acceptors (Lipinski definition) is 6. The first-order valence-corrected chi connectivity index (χ1v) is 11.6. The summed E-state index contributed by atoms with van der Waals surface area (Å²) < 4.78 is 7.70. The summed E-state index contributed by atoms with van der Waals surface area (Å²) in [5, 5.41) is 15.9. The van der Waals surface area contributed by atoms with Crippen LogP contribution in [0.1, 0.15) is 51.8 Å². The summed E-state index contributed by atoms with van der Waals surface area (Å²) in [6.07, 6.45) is 8.80. The molecule has 3 aromatic heterocycles. The minimum atomic E-state index is -0.116. The Labute approximate surface area is 198 Å². The lowest BCUT2D eigenvalue weighted by Gasteiger charge is -2.22. The van der Waals surface area contributed by atoms with Crippen LogP contribution >= 0.6 is 0 Å². The van der Waals surface area contributed by atoms with Gasteiger partial charge in [0, 0.05) is 23.6 Å². The van der Waals surface area contributed by atoms with E-state index in [0.717, 1.165) is 65.0 Å². The second kappa shape index (κ2) is 8.84. The lowest BCUT2D eigenvalue weighted by atomic mass is 9.96. The highest BCUT2D eigenvalue weighted by molar-refractivity contribution is 5.96. The molecule has 1 aliphatic heterocycles. The number of nitrogen functional groups attached to an aromatic ring is 1. The molecule has 174 valence electrons. The molecule has 4 aromatic rings. The van der Waals surface area contributed by atoms with Gasteiger partial charge in [0.05, 0.1) is 29.2 Å². The molecule has 1 aliphatic rings. The third kappa shape index (κ3) is 4.75. The van der Waals surface area contributed by atoms with E-state index in [9.17, 15) is 0 Å². The molecular formula is C26H29N7O. The van der Waals surface area contributed by atoms with E-state index in [2.05, 4.69) is 64.3 Å². The van der Waals surface area contributed by atoms with Crippen molar-refractivity contribution in [3.8, 4) is 23.0 Å². The fourth-order valence-corrected chi connectivity index (χ4v) is 3.98. The van der Waals surface area contributed by atoms with Gasteiger partial charge in [-0.25, -0.2) is 9.67 Å². The second-order valence-corrected chi connectivity index (χ2v) is 9.64. The van der Waals surface area contributed by atoms with Crippen molar-refractivity contribution in [1.29, 1.82) is 0 Å². The van der Waals surface area contributed by atoms with Gasteiger partial charge in [-0.05, 0) is 75.4 Å². The summed E-state index contributed by atoms with van der Waals surface area (Å²) in [5.41, 5.74) is 10.6. The molecule has 5 rings (SSSR count). The molecule has 1 fully saturated rings. The van der Waals surface area contributed by atoms with E-state index in [1.54, 1.807) is 12.4 Å². The highest BCUT2D eigenvalue weighted by Crippen LogP contribution is 2.31. The van der Waals surface area contributed by atoms with Crippen LogP contribution in [0, 0.1) is 17.3 Å². The molecule has 4 heterocycles. The maximum atomic E-state index is 6.14. The summed E-state index contributed by atoms with van der Waals surface area (Å²) in [6, 6.07) is 8.08. The van der Waals surface area contributed by atoms with E-state index in [0.29, 0.717) is 5.82 Å². The number of aromatic nitrogens is 5. The van der Waals surface area contributed by atoms with Crippen molar-refractivity contribution in [2.75, 3.05) is 17.7 Å². The number of fused-ring (bicyclic) bond motifs is 1. The maximum absolute atomic E-state index is 6.14. The number of rotatable bonds is 4. The minimum Gasteiger partial charge on any atom is -0.382 e. The maximum Gasteiger partial charge on any atom is 0.153 e. The summed E-state index contributed by atoms with van der Waals surface area (Å²) in [6.45, 7) is 7.05. The average molecular weight is 456 g/mol. The predicted octanol–water partition coefficient (Wildman–Crippen LogP) is 5.24. The molecule has 8 heteroatoms. The molecule has 0 amide bonds. The van der Waals surface area contributed by atoms with Crippen molar-refractivity contribution >= 4 is 28.2 Å². The molecule has 0 aliphatic carbocycles. The standard InChI is InChI=1S/C26H29N7O/c1-26(2,3)9-7-18-12-19(13-21-24(18)31-32-25(21)27)17-8-10-28-22(14-17)30-20-15-29-33(16-20)23-6-4-5-11-34-23/h8,10,12-16,23H,4-6,11H2,1-3H3,(H,28,30)(H3,27,31,32). The first-order valence-electron chi connectivity index (χ1n) is 11.6. The Bertz CT molecular complexity index is 1380. The molecule has 1 aromatic carbocycles. The van der Waals surface area contributed by atoms with Gasteiger partial charge in [-0.1, -0.05) is 11.8 Å². The van der Waals surface area contributed by atoms with E-state index in [-0.39, 0.29) is 11.6 Å². The quantitative estimate of drug-likeness (QED) is 0.363.